The quantitative estimate of drug-likeness (QED) is 0.850. The lowest BCUT2D eigenvalue weighted by atomic mass is 9.94. The van der Waals surface area contributed by atoms with Gasteiger partial charge in [-0.25, -0.2) is 0 Å². The molecule has 0 bridgehead atoms. The average molecular weight is 280 g/mol. The Morgan fingerprint density at radius 3 is 2.17 bits per heavy atom. The van der Waals surface area contributed by atoms with Crippen molar-refractivity contribution < 1.29 is 0 Å². The third-order valence-electron chi connectivity index (χ3n) is 3.11. The first-order valence-electron chi connectivity index (χ1n) is 5.76. The number of hydrogen-bond donors (Lipinski definition) is 1. The Morgan fingerprint density at radius 1 is 0.944 bits per heavy atom. The van der Waals surface area contributed by atoms with Crippen LogP contribution >= 0.6 is 23.2 Å². The van der Waals surface area contributed by atoms with Gasteiger partial charge in [-0.1, -0.05) is 41.4 Å². The molecular weight excluding hydrogens is 265 g/mol. The van der Waals surface area contributed by atoms with Gasteiger partial charge in [0.25, 0.3) is 0 Å². The van der Waals surface area contributed by atoms with Crippen molar-refractivity contribution in [1.29, 1.82) is 0 Å². The van der Waals surface area contributed by atoms with E-state index in [2.05, 4.69) is 6.07 Å². The Labute approximate surface area is 118 Å². The number of benzene rings is 2. The molecule has 0 radical (unpaired) electrons. The molecule has 1 unspecified atom stereocenters. The van der Waals surface area contributed by atoms with E-state index in [1.54, 1.807) is 0 Å². The molecule has 18 heavy (non-hydrogen) atoms. The number of hydrogen-bond acceptors (Lipinski definition) is 1. The second-order valence-corrected chi connectivity index (χ2v) is 5.33. The highest BCUT2D eigenvalue weighted by Gasteiger charge is 2.13. The zero-order valence-electron chi connectivity index (χ0n) is 10.4. The molecule has 1 atom stereocenters. The molecule has 0 aliphatic carbocycles. The Hall–Kier alpha value is -1.02. The van der Waals surface area contributed by atoms with E-state index in [1.165, 1.54) is 0 Å². The van der Waals surface area contributed by atoms with E-state index < -0.39 is 0 Å². The fraction of sp³-hybridized carbons (Fsp3) is 0.200. The van der Waals surface area contributed by atoms with Gasteiger partial charge in [0.2, 0.25) is 0 Å². The SMILES string of the molecule is Cc1cc(C(N)c2ccc(Cl)cc2)c(C)cc1Cl. The maximum atomic E-state index is 6.30. The van der Waals surface area contributed by atoms with Crippen LogP contribution in [0.2, 0.25) is 10.0 Å². The molecule has 2 rings (SSSR count). The lowest BCUT2D eigenvalue weighted by molar-refractivity contribution is 0.860. The summed E-state index contributed by atoms with van der Waals surface area (Å²) < 4.78 is 0. The first kappa shape index (κ1) is 13.4. The van der Waals surface area contributed by atoms with Gasteiger partial charge in [0.15, 0.2) is 0 Å². The molecule has 2 N–H and O–H groups in total. The molecule has 0 saturated heterocycles. The average Bonchev–Trinajstić information content (AvgIpc) is 2.34. The molecule has 0 spiro atoms. The van der Waals surface area contributed by atoms with Gasteiger partial charge in [0.1, 0.15) is 0 Å². The highest BCUT2D eigenvalue weighted by Crippen LogP contribution is 2.28. The maximum Gasteiger partial charge on any atom is 0.0554 e. The molecule has 0 aromatic heterocycles. The zero-order valence-corrected chi connectivity index (χ0v) is 11.9. The van der Waals surface area contributed by atoms with E-state index in [4.69, 9.17) is 28.9 Å². The molecule has 0 aliphatic heterocycles. The van der Waals surface area contributed by atoms with Gasteiger partial charge in [0.05, 0.1) is 6.04 Å². The van der Waals surface area contributed by atoms with Crippen molar-refractivity contribution in [3.8, 4) is 0 Å². The lowest BCUT2D eigenvalue weighted by Gasteiger charge is -2.17. The Balaban J connectivity index is 2.42. The second kappa shape index (κ2) is 5.31. The summed E-state index contributed by atoms with van der Waals surface area (Å²) in [6.07, 6.45) is 0. The predicted molar refractivity (Wildman–Crippen MR) is 78.4 cm³/mol. The van der Waals surface area contributed by atoms with Crippen molar-refractivity contribution in [2.75, 3.05) is 0 Å². The number of halogens is 2. The fourth-order valence-electron chi connectivity index (χ4n) is 1.99. The summed E-state index contributed by atoms with van der Waals surface area (Å²) in [4.78, 5) is 0. The van der Waals surface area contributed by atoms with E-state index in [-0.39, 0.29) is 6.04 Å². The molecule has 0 heterocycles. The van der Waals surface area contributed by atoms with Crippen molar-refractivity contribution in [3.05, 3.63) is 68.7 Å². The third kappa shape index (κ3) is 2.69. The molecule has 1 nitrogen and oxygen atoms in total. The Kier molecular flexibility index (Phi) is 3.96. The summed E-state index contributed by atoms with van der Waals surface area (Å²) in [5, 5.41) is 1.49. The van der Waals surface area contributed by atoms with Crippen LogP contribution in [0.4, 0.5) is 0 Å². The molecule has 0 amide bonds. The zero-order chi connectivity index (χ0) is 13.3. The van der Waals surface area contributed by atoms with Gasteiger partial charge < -0.3 is 5.73 Å². The van der Waals surface area contributed by atoms with Gasteiger partial charge in [-0.3, -0.25) is 0 Å². The predicted octanol–water partition coefficient (Wildman–Crippen LogP) is 4.66. The van der Waals surface area contributed by atoms with Gasteiger partial charge >= 0.3 is 0 Å². The van der Waals surface area contributed by atoms with Gasteiger partial charge in [-0.15, -0.1) is 0 Å². The summed E-state index contributed by atoms with van der Waals surface area (Å²) in [6.45, 7) is 4.01. The van der Waals surface area contributed by atoms with Crippen LogP contribution in [0.1, 0.15) is 28.3 Å². The lowest BCUT2D eigenvalue weighted by Crippen LogP contribution is -2.13. The maximum absolute atomic E-state index is 6.30. The first-order valence-corrected chi connectivity index (χ1v) is 6.52. The van der Waals surface area contributed by atoms with Crippen molar-refractivity contribution in [2.45, 2.75) is 19.9 Å². The van der Waals surface area contributed by atoms with Crippen molar-refractivity contribution in [2.24, 2.45) is 5.73 Å². The Bertz CT molecular complexity index is 561. The standard InChI is InChI=1S/C15H15Cl2N/c1-9-8-14(17)10(2)7-13(9)15(18)11-3-5-12(16)6-4-11/h3-8,15H,18H2,1-2H3. The minimum Gasteiger partial charge on any atom is -0.320 e. The number of aryl methyl sites for hydroxylation is 2. The third-order valence-corrected chi connectivity index (χ3v) is 3.77. The number of nitrogens with two attached hydrogens (primary N) is 1. The van der Waals surface area contributed by atoms with Crippen LogP contribution in [0.3, 0.4) is 0 Å². The van der Waals surface area contributed by atoms with Crippen LogP contribution in [0.15, 0.2) is 36.4 Å². The minimum atomic E-state index is -0.154. The summed E-state index contributed by atoms with van der Waals surface area (Å²) >= 11 is 12.0. The highest BCUT2D eigenvalue weighted by atomic mass is 35.5. The summed E-state index contributed by atoms with van der Waals surface area (Å²) in [5.41, 5.74) is 10.6. The van der Waals surface area contributed by atoms with Crippen LogP contribution in [0.25, 0.3) is 0 Å². The van der Waals surface area contributed by atoms with Crippen LogP contribution in [0.5, 0.6) is 0 Å². The molecule has 0 fully saturated rings. The molecule has 0 saturated carbocycles. The summed E-state index contributed by atoms with van der Waals surface area (Å²) in [6, 6.07) is 11.5. The fourth-order valence-corrected chi connectivity index (χ4v) is 2.33. The molecule has 3 heteroatoms. The van der Waals surface area contributed by atoms with Gasteiger partial charge in [0, 0.05) is 10.0 Å². The second-order valence-electron chi connectivity index (χ2n) is 4.49. The van der Waals surface area contributed by atoms with E-state index in [0.29, 0.717) is 0 Å². The van der Waals surface area contributed by atoms with E-state index in [9.17, 15) is 0 Å². The van der Waals surface area contributed by atoms with E-state index in [0.717, 1.165) is 32.3 Å². The van der Waals surface area contributed by atoms with E-state index in [1.807, 2.05) is 44.2 Å². The van der Waals surface area contributed by atoms with E-state index >= 15 is 0 Å². The van der Waals surface area contributed by atoms with Gasteiger partial charge in [-0.2, -0.15) is 0 Å². The number of rotatable bonds is 2. The molecule has 0 aliphatic rings. The molecule has 2 aromatic carbocycles. The van der Waals surface area contributed by atoms with Crippen LogP contribution in [-0.2, 0) is 0 Å². The van der Waals surface area contributed by atoms with Crippen molar-refractivity contribution in [1.82, 2.24) is 0 Å². The summed E-state index contributed by atoms with van der Waals surface area (Å²) in [5.74, 6) is 0. The normalized spacial score (nSPS) is 12.5. The van der Waals surface area contributed by atoms with Crippen LogP contribution in [-0.4, -0.2) is 0 Å². The monoisotopic (exact) mass is 279 g/mol. The largest absolute Gasteiger partial charge is 0.320 e. The highest BCUT2D eigenvalue weighted by molar-refractivity contribution is 6.31. The topological polar surface area (TPSA) is 26.0 Å². The van der Waals surface area contributed by atoms with Gasteiger partial charge in [-0.05, 0) is 54.3 Å². The van der Waals surface area contributed by atoms with Crippen LogP contribution < -0.4 is 5.73 Å². The van der Waals surface area contributed by atoms with Crippen molar-refractivity contribution >= 4 is 23.2 Å². The smallest absolute Gasteiger partial charge is 0.0554 e. The molecule has 94 valence electrons. The minimum absolute atomic E-state index is 0.154. The first-order chi connectivity index (χ1) is 8.49. The van der Waals surface area contributed by atoms with Crippen molar-refractivity contribution in [3.63, 3.8) is 0 Å². The van der Waals surface area contributed by atoms with Crippen LogP contribution in [0, 0.1) is 13.8 Å². The molecular formula is C15H15Cl2N. The summed E-state index contributed by atoms with van der Waals surface area (Å²) in [7, 11) is 0. The molecule has 2 aromatic rings. The Morgan fingerprint density at radius 2 is 1.56 bits per heavy atom.